The number of benzene rings is 1. The fraction of sp³-hybridized carbons (Fsp3) is 0.0769. The van der Waals surface area contributed by atoms with Crippen molar-refractivity contribution in [1.29, 1.82) is 0 Å². The van der Waals surface area contributed by atoms with Crippen molar-refractivity contribution < 1.29 is 9.47 Å². The number of rotatable bonds is 3. The zero-order valence-corrected chi connectivity index (χ0v) is 9.54. The molecule has 0 saturated heterocycles. The van der Waals surface area contributed by atoms with E-state index in [2.05, 4.69) is 15.3 Å². The summed E-state index contributed by atoms with van der Waals surface area (Å²) >= 11 is 0. The monoisotopic (exact) mass is 241 g/mol. The second-order valence-electron chi connectivity index (χ2n) is 3.67. The molecule has 1 aliphatic rings. The molecule has 0 atom stereocenters. The fourth-order valence-electron chi connectivity index (χ4n) is 1.59. The molecule has 0 amide bonds. The Morgan fingerprint density at radius 2 is 2.00 bits per heavy atom. The van der Waals surface area contributed by atoms with E-state index in [0.717, 1.165) is 5.56 Å². The van der Waals surface area contributed by atoms with Crippen LogP contribution in [-0.2, 0) is 9.47 Å². The van der Waals surface area contributed by atoms with Gasteiger partial charge in [-0.05, 0) is 6.07 Å². The summed E-state index contributed by atoms with van der Waals surface area (Å²) in [7, 11) is 0. The highest BCUT2D eigenvalue weighted by atomic mass is 16.7. The number of nitrogens with one attached hydrogen (secondary N) is 1. The van der Waals surface area contributed by atoms with Crippen LogP contribution in [0.5, 0.6) is 0 Å². The van der Waals surface area contributed by atoms with Crippen molar-refractivity contribution in [3.05, 3.63) is 54.7 Å². The third kappa shape index (κ3) is 2.24. The normalized spacial score (nSPS) is 13.4. The molecule has 0 spiro atoms. The molecule has 90 valence electrons. The Hall–Kier alpha value is -2.56. The maximum absolute atomic E-state index is 5.17. The van der Waals surface area contributed by atoms with Crippen LogP contribution in [0.15, 0.2) is 54.7 Å². The van der Waals surface area contributed by atoms with Crippen molar-refractivity contribution in [2.45, 2.75) is 0 Å². The van der Waals surface area contributed by atoms with E-state index in [4.69, 9.17) is 9.47 Å². The van der Waals surface area contributed by atoms with Gasteiger partial charge in [0.05, 0.1) is 0 Å². The van der Waals surface area contributed by atoms with E-state index < -0.39 is 0 Å². The standard InChI is InChI=1S/C13H11N3O2/c1-2-4-10(5-3-1)13-14-7-6-11(16-13)15-12-8-17-9-18-12/h1-8H,9H2,(H,14,15,16). The summed E-state index contributed by atoms with van der Waals surface area (Å²) in [6.45, 7) is 0.235. The largest absolute Gasteiger partial charge is 0.459 e. The molecule has 3 rings (SSSR count). The average molecular weight is 241 g/mol. The van der Waals surface area contributed by atoms with Gasteiger partial charge in [0.15, 0.2) is 5.82 Å². The summed E-state index contributed by atoms with van der Waals surface area (Å²) in [5.41, 5.74) is 0.971. The zero-order chi connectivity index (χ0) is 12.2. The number of nitrogens with zero attached hydrogens (tertiary/aromatic N) is 2. The summed E-state index contributed by atoms with van der Waals surface area (Å²) in [6.07, 6.45) is 3.22. The number of hydrogen-bond donors (Lipinski definition) is 1. The molecular formula is C13H11N3O2. The SMILES string of the molecule is C1=C(Nc2ccnc(-c3ccccc3)n2)OCO1. The lowest BCUT2D eigenvalue weighted by Crippen LogP contribution is -2.02. The van der Waals surface area contributed by atoms with Crippen LogP contribution in [0, 0.1) is 0 Å². The quantitative estimate of drug-likeness (QED) is 0.893. The van der Waals surface area contributed by atoms with E-state index in [1.165, 1.54) is 6.26 Å². The highest BCUT2D eigenvalue weighted by molar-refractivity contribution is 5.57. The van der Waals surface area contributed by atoms with E-state index in [-0.39, 0.29) is 6.79 Å². The van der Waals surface area contributed by atoms with E-state index in [1.807, 2.05) is 30.3 Å². The Balaban J connectivity index is 1.85. The van der Waals surface area contributed by atoms with Gasteiger partial charge in [-0.25, -0.2) is 9.97 Å². The highest BCUT2D eigenvalue weighted by Crippen LogP contribution is 2.17. The Morgan fingerprint density at radius 1 is 1.11 bits per heavy atom. The molecular weight excluding hydrogens is 230 g/mol. The van der Waals surface area contributed by atoms with Crippen molar-refractivity contribution in [1.82, 2.24) is 9.97 Å². The van der Waals surface area contributed by atoms with Crippen molar-refractivity contribution >= 4 is 5.82 Å². The minimum Gasteiger partial charge on any atom is -0.459 e. The van der Waals surface area contributed by atoms with Gasteiger partial charge in [0.25, 0.3) is 0 Å². The van der Waals surface area contributed by atoms with E-state index in [9.17, 15) is 0 Å². The van der Waals surface area contributed by atoms with Crippen molar-refractivity contribution in [2.75, 3.05) is 12.1 Å². The van der Waals surface area contributed by atoms with E-state index in [0.29, 0.717) is 17.5 Å². The first-order valence-electron chi connectivity index (χ1n) is 5.52. The van der Waals surface area contributed by atoms with Crippen LogP contribution in [-0.4, -0.2) is 16.8 Å². The summed E-state index contributed by atoms with van der Waals surface area (Å²) in [5.74, 6) is 1.88. The minimum atomic E-state index is 0.235. The van der Waals surface area contributed by atoms with Gasteiger partial charge in [0.1, 0.15) is 12.1 Å². The summed E-state index contributed by atoms with van der Waals surface area (Å²) in [5, 5.41) is 3.01. The van der Waals surface area contributed by atoms with Gasteiger partial charge in [-0.15, -0.1) is 0 Å². The summed E-state index contributed by atoms with van der Waals surface area (Å²) in [4.78, 5) is 8.65. The van der Waals surface area contributed by atoms with Gasteiger partial charge < -0.3 is 14.8 Å². The molecule has 1 aromatic carbocycles. The zero-order valence-electron chi connectivity index (χ0n) is 9.54. The lowest BCUT2D eigenvalue weighted by molar-refractivity contribution is 0.0823. The second-order valence-corrected chi connectivity index (χ2v) is 3.67. The van der Waals surface area contributed by atoms with Crippen LogP contribution >= 0.6 is 0 Å². The van der Waals surface area contributed by atoms with Gasteiger partial charge in [-0.2, -0.15) is 0 Å². The predicted octanol–water partition coefficient (Wildman–Crippen LogP) is 2.36. The fourth-order valence-corrected chi connectivity index (χ4v) is 1.59. The van der Waals surface area contributed by atoms with Crippen LogP contribution in [0.3, 0.4) is 0 Å². The van der Waals surface area contributed by atoms with Crippen molar-refractivity contribution in [2.24, 2.45) is 0 Å². The number of ether oxygens (including phenoxy) is 2. The molecule has 2 aromatic rings. The van der Waals surface area contributed by atoms with Gasteiger partial charge >= 0.3 is 0 Å². The lowest BCUT2D eigenvalue weighted by atomic mass is 10.2. The first kappa shape index (κ1) is 10.6. The Bertz CT molecular complexity index is 569. The molecule has 1 aliphatic heterocycles. The number of hydrogen-bond acceptors (Lipinski definition) is 5. The molecule has 0 aliphatic carbocycles. The van der Waals surface area contributed by atoms with Crippen LogP contribution in [0.25, 0.3) is 11.4 Å². The van der Waals surface area contributed by atoms with Gasteiger partial charge in [-0.1, -0.05) is 30.3 Å². The Kier molecular flexibility index (Phi) is 2.79. The van der Waals surface area contributed by atoms with Crippen LogP contribution in [0.2, 0.25) is 0 Å². The molecule has 5 nitrogen and oxygen atoms in total. The molecule has 0 bridgehead atoms. The Labute approximate surface area is 104 Å². The molecule has 0 unspecified atom stereocenters. The topological polar surface area (TPSA) is 56.3 Å². The van der Waals surface area contributed by atoms with Gasteiger partial charge in [0, 0.05) is 11.8 Å². The minimum absolute atomic E-state index is 0.235. The number of aromatic nitrogens is 2. The molecule has 0 fully saturated rings. The predicted molar refractivity (Wildman–Crippen MR) is 66.2 cm³/mol. The highest BCUT2D eigenvalue weighted by Gasteiger charge is 2.08. The van der Waals surface area contributed by atoms with Crippen LogP contribution in [0.4, 0.5) is 5.82 Å². The lowest BCUT2D eigenvalue weighted by Gasteiger charge is -2.06. The van der Waals surface area contributed by atoms with Crippen molar-refractivity contribution in [3.63, 3.8) is 0 Å². The van der Waals surface area contributed by atoms with Crippen molar-refractivity contribution in [3.8, 4) is 11.4 Å². The molecule has 5 heteroatoms. The first-order valence-corrected chi connectivity index (χ1v) is 5.52. The molecule has 1 N–H and O–H groups in total. The number of anilines is 1. The van der Waals surface area contributed by atoms with E-state index in [1.54, 1.807) is 12.3 Å². The maximum atomic E-state index is 5.17. The molecule has 18 heavy (non-hydrogen) atoms. The summed E-state index contributed by atoms with van der Waals surface area (Å²) in [6, 6.07) is 11.6. The maximum Gasteiger partial charge on any atom is 0.232 e. The van der Waals surface area contributed by atoms with E-state index >= 15 is 0 Å². The summed E-state index contributed by atoms with van der Waals surface area (Å²) < 4.78 is 10.1. The average Bonchev–Trinajstić information content (AvgIpc) is 2.93. The van der Waals surface area contributed by atoms with Gasteiger partial charge in [-0.3, -0.25) is 0 Å². The van der Waals surface area contributed by atoms with Gasteiger partial charge in [0.2, 0.25) is 12.7 Å². The first-order chi connectivity index (χ1) is 8.92. The molecule has 2 heterocycles. The smallest absolute Gasteiger partial charge is 0.232 e. The van der Waals surface area contributed by atoms with Crippen LogP contribution < -0.4 is 5.32 Å². The molecule has 1 aromatic heterocycles. The molecule has 0 radical (unpaired) electrons. The second kappa shape index (κ2) is 4.75. The Morgan fingerprint density at radius 3 is 2.78 bits per heavy atom. The van der Waals surface area contributed by atoms with Crippen LogP contribution in [0.1, 0.15) is 0 Å². The third-order valence-corrected chi connectivity index (χ3v) is 2.41. The molecule has 0 saturated carbocycles. The third-order valence-electron chi connectivity index (χ3n) is 2.41.